The highest BCUT2D eigenvalue weighted by molar-refractivity contribution is 7.98. The summed E-state index contributed by atoms with van der Waals surface area (Å²) in [5.41, 5.74) is 0.618. The average Bonchev–Trinajstić information content (AvgIpc) is 2.60. The highest BCUT2D eigenvalue weighted by Gasteiger charge is 2.23. The van der Waals surface area contributed by atoms with Crippen molar-refractivity contribution in [1.82, 2.24) is 5.32 Å². The van der Waals surface area contributed by atoms with E-state index in [-0.39, 0.29) is 12.5 Å². The van der Waals surface area contributed by atoms with Gasteiger partial charge in [-0.15, -0.1) is 11.8 Å². The lowest BCUT2D eigenvalue weighted by molar-refractivity contribution is -0.136. The zero-order chi connectivity index (χ0) is 16.7. The van der Waals surface area contributed by atoms with Gasteiger partial charge in [-0.25, -0.2) is 0 Å². The molecule has 1 atom stereocenters. The summed E-state index contributed by atoms with van der Waals surface area (Å²) >= 11 is 1.50. The molecule has 23 heavy (non-hydrogen) atoms. The third kappa shape index (κ3) is 5.25. The largest absolute Gasteiger partial charge is 0.391 e. The number of nitrogens with one attached hydrogen (secondary N) is 2. The smallest absolute Gasteiger partial charge is 0.313 e. The van der Waals surface area contributed by atoms with Crippen molar-refractivity contribution in [3.8, 4) is 0 Å². The Kier molecular flexibility index (Phi) is 6.92. The first-order valence-electron chi connectivity index (χ1n) is 8.02. The van der Waals surface area contributed by atoms with Gasteiger partial charge in [0.2, 0.25) is 0 Å². The van der Waals surface area contributed by atoms with Crippen LogP contribution in [0.4, 0.5) is 5.69 Å². The molecule has 0 bridgehead atoms. The number of carbonyl (C=O) groups is 2. The summed E-state index contributed by atoms with van der Waals surface area (Å²) in [5.74, 6) is -1.19. The molecule has 1 aromatic rings. The fraction of sp³-hybridized carbons (Fsp3) is 0.529. The van der Waals surface area contributed by atoms with Crippen LogP contribution >= 0.6 is 11.8 Å². The van der Waals surface area contributed by atoms with Crippen LogP contribution in [0.1, 0.15) is 32.1 Å². The summed E-state index contributed by atoms with van der Waals surface area (Å²) in [5, 5.41) is 15.3. The Bertz CT molecular complexity index is 544. The molecule has 2 amide bonds. The van der Waals surface area contributed by atoms with Gasteiger partial charge in [0, 0.05) is 11.4 Å². The Labute approximate surface area is 141 Å². The van der Waals surface area contributed by atoms with Crippen LogP contribution in [0, 0.1) is 5.92 Å². The second kappa shape index (κ2) is 8.93. The molecule has 1 fully saturated rings. The van der Waals surface area contributed by atoms with E-state index in [0.29, 0.717) is 5.69 Å². The van der Waals surface area contributed by atoms with Crippen molar-refractivity contribution in [2.75, 3.05) is 18.1 Å². The number of rotatable bonds is 5. The molecule has 1 aliphatic carbocycles. The minimum Gasteiger partial charge on any atom is -0.391 e. The molecule has 0 heterocycles. The zero-order valence-corrected chi connectivity index (χ0v) is 14.2. The van der Waals surface area contributed by atoms with E-state index in [1.54, 1.807) is 12.1 Å². The summed E-state index contributed by atoms with van der Waals surface area (Å²) in [6.07, 6.45) is 6.78. The van der Waals surface area contributed by atoms with Crippen molar-refractivity contribution in [3.05, 3.63) is 24.3 Å². The van der Waals surface area contributed by atoms with Crippen molar-refractivity contribution in [2.45, 2.75) is 43.1 Å². The number of anilines is 1. The van der Waals surface area contributed by atoms with Crippen molar-refractivity contribution in [1.29, 1.82) is 0 Å². The van der Waals surface area contributed by atoms with Crippen LogP contribution in [-0.4, -0.2) is 35.8 Å². The number of carbonyl (C=O) groups excluding carboxylic acids is 2. The first-order valence-corrected chi connectivity index (χ1v) is 9.24. The molecule has 1 saturated carbocycles. The standard InChI is InChI=1S/C17H24N2O3S/c1-23-15-10-6-5-9-13(15)19-17(22)16(21)18-11-14(20)12-7-3-2-4-8-12/h5-6,9-10,12,14,20H,2-4,7-8,11H2,1H3,(H,18,21)(H,19,22)/t14-/m0/s1. The molecule has 0 radical (unpaired) electrons. The van der Waals surface area contributed by atoms with Crippen molar-refractivity contribution in [3.63, 3.8) is 0 Å². The van der Waals surface area contributed by atoms with Gasteiger partial charge in [0.05, 0.1) is 11.8 Å². The van der Waals surface area contributed by atoms with Crippen LogP contribution in [0.25, 0.3) is 0 Å². The van der Waals surface area contributed by atoms with Gasteiger partial charge in [-0.1, -0.05) is 31.4 Å². The van der Waals surface area contributed by atoms with Gasteiger partial charge >= 0.3 is 11.8 Å². The maximum atomic E-state index is 12.0. The summed E-state index contributed by atoms with van der Waals surface area (Å²) in [6, 6.07) is 7.32. The fourth-order valence-corrected chi connectivity index (χ4v) is 3.44. The molecule has 0 aliphatic heterocycles. The molecule has 1 aromatic carbocycles. The molecular formula is C17H24N2O3S. The summed E-state index contributed by atoms with van der Waals surface area (Å²) in [4.78, 5) is 24.7. The van der Waals surface area contributed by atoms with Crippen LogP contribution in [0.2, 0.25) is 0 Å². The van der Waals surface area contributed by atoms with E-state index < -0.39 is 17.9 Å². The van der Waals surface area contributed by atoms with E-state index in [0.717, 1.165) is 30.6 Å². The fourth-order valence-electron chi connectivity index (χ4n) is 2.89. The number of aliphatic hydroxyl groups excluding tert-OH is 1. The second-order valence-corrected chi connectivity index (χ2v) is 6.68. The molecular weight excluding hydrogens is 312 g/mol. The minimum atomic E-state index is -0.712. The Morgan fingerprint density at radius 1 is 1.22 bits per heavy atom. The van der Waals surface area contributed by atoms with E-state index in [1.165, 1.54) is 18.2 Å². The topological polar surface area (TPSA) is 78.4 Å². The minimum absolute atomic E-state index is 0.126. The number of hydrogen-bond donors (Lipinski definition) is 3. The normalized spacial score (nSPS) is 16.6. The number of thioether (sulfide) groups is 1. The third-order valence-corrected chi connectivity index (χ3v) is 5.02. The molecule has 126 valence electrons. The summed E-state index contributed by atoms with van der Waals surface area (Å²) in [7, 11) is 0. The van der Waals surface area contributed by atoms with Gasteiger partial charge < -0.3 is 15.7 Å². The SMILES string of the molecule is CSc1ccccc1NC(=O)C(=O)NC[C@H](O)C1CCCCC1. The first kappa shape index (κ1) is 17.8. The van der Waals surface area contributed by atoms with E-state index >= 15 is 0 Å². The van der Waals surface area contributed by atoms with Crippen molar-refractivity contribution >= 4 is 29.3 Å². The van der Waals surface area contributed by atoms with Gasteiger partial charge in [-0.2, -0.15) is 0 Å². The molecule has 3 N–H and O–H groups in total. The Balaban J connectivity index is 1.81. The monoisotopic (exact) mass is 336 g/mol. The molecule has 0 spiro atoms. The number of para-hydroxylation sites is 1. The van der Waals surface area contributed by atoms with Gasteiger partial charge in [-0.05, 0) is 37.1 Å². The van der Waals surface area contributed by atoms with Gasteiger partial charge in [0.25, 0.3) is 0 Å². The highest BCUT2D eigenvalue weighted by atomic mass is 32.2. The Hall–Kier alpha value is -1.53. The Morgan fingerprint density at radius 3 is 2.61 bits per heavy atom. The zero-order valence-electron chi connectivity index (χ0n) is 13.4. The second-order valence-electron chi connectivity index (χ2n) is 5.83. The molecule has 1 aliphatic rings. The Morgan fingerprint density at radius 2 is 1.91 bits per heavy atom. The van der Waals surface area contributed by atoms with Crippen LogP contribution in [0.3, 0.4) is 0 Å². The van der Waals surface area contributed by atoms with Crippen LogP contribution in [-0.2, 0) is 9.59 Å². The van der Waals surface area contributed by atoms with Gasteiger partial charge in [0.15, 0.2) is 0 Å². The van der Waals surface area contributed by atoms with Crippen LogP contribution < -0.4 is 10.6 Å². The lowest BCUT2D eigenvalue weighted by Crippen LogP contribution is -2.42. The number of amides is 2. The van der Waals surface area contributed by atoms with Gasteiger partial charge in [0.1, 0.15) is 0 Å². The highest BCUT2D eigenvalue weighted by Crippen LogP contribution is 2.26. The quantitative estimate of drug-likeness (QED) is 0.570. The van der Waals surface area contributed by atoms with Crippen molar-refractivity contribution in [2.24, 2.45) is 5.92 Å². The average molecular weight is 336 g/mol. The van der Waals surface area contributed by atoms with E-state index in [1.807, 2.05) is 18.4 Å². The van der Waals surface area contributed by atoms with Crippen molar-refractivity contribution < 1.29 is 14.7 Å². The maximum absolute atomic E-state index is 12.0. The lowest BCUT2D eigenvalue weighted by Gasteiger charge is -2.26. The van der Waals surface area contributed by atoms with E-state index in [9.17, 15) is 14.7 Å². The molecule has 0 aromatic heterocycles. The molecule has 2 rings (SSSR count). The third-order valence-electron chi connectivity index (χ3n) is 4.23. The molecule has 6 heteroatoms. The molecule has 5 nitrogen and oxygen atoms in total. The van der Waals surface area contributed by atoms with Gasteiger partial charge in [-0.3, -0.25) is 9.59 Å². The number of benzene rings is 1. The summed E-state index contributed by atoms with van der Waals surface area (Å²) in [6.45, 7) is 0.126. The maximum Gasteiger partial charge on any atom is 0.313 e. The number of hydrogen-bond acceptors (Lipinski definition) is 4. The van der Waals surface area contributed by atoms with E-state index in [4.69, 9.17) is 0 Å². The lowest BCUT2D eigenvalue weighted by atomic mass is 9.85. The first-order chi connectivity index (χ1) is 11.1. The molecule has 0 saturated heterocycles. The molecule has 0 unspecified atom stereocenters. The predicted molar refractivity (Wildman–Crippen MR) is 92.4 cm³/mol. The van der Waals surface area contributed by atoms with Crippen LogP contribution in [0.15, 0.2) is 29.2 Å². The summed E-state index contributed by atoms with van der Waals surface area (Å²) < 4.78 is 0. The number of aliphatic hydroxyl groups is 1. The van der Waals surface area contributed by atoms with E-state index in [2.05, 4.69) is 10.6 Å². The predicted octanol–water partition coefficient (Wildman–Crippen LogP) is 2.40. The van der Waals surface area contributed by atoms with Crippen LogP contribution in [0.5, 0.6) is 0 Å².